The molecular weight excluding hydrogens is 396 g/mol. The van der Waals surface area contributed by atoms with Crippen LogP contribution >= 0.6 is 15.9 Å². The van der Waals surface area contributed by atoms with Crippen molar-refractivity contribution in [2.24, 2.45) is 7.05 Å². The van der Waals surface area contributed by atoms with Gasteiger partial charge in [-0.05, 0) is 36.4 Å². The van der Waals surface area contributed by atoms with Crippen LogP contribution in [-0.4, -0.2) is 32.6 Å². The van der Waals surface area contributed by atoms with Crippen molar-refractivity contribution in [2.75, 3.05) is 7.11 Å². The molecule has 0 atom stereocenters. The molecule has 26 heavy (non-hydrogen) atoms. The van der Waals surface area contributed by atoms with Crippen LogP contribution in [0.15, 0.2) is 59.2 Å². The first-order chi connectivity index (χ1) is 12.6. The van der Waals surface area contributed by atoms with Crippen molar-refractivity contribution in [3.05, 3.63) is 64.9 Å². The van der Waals surface area contributed by atoms with Crippen molar-refractivity contribution >= 4 is 32.8 Å². The number of ether oxygens (including phenoxy) is 1. The van der Waals surface area contributed by atoms with Crippen LogP contribution in [0.3, 0.4) is 0 Å². The zero-order valence-electron chi connectivity index (χ0n) is 14.2. The van der Waals surface area contributed by atoms with E-state index in [9.17, 15) is 4.79 Å². The topological polar surface area (TPSA) is 61.9 Å². The van der Waals surface area contributed by atoms with E-state index >= 15 is 0 Å². The summed E-state index contributed by atoms with van der Waals surface area (Å²) in [4.78, 5) is 12.3. The van der Waals surface area contributed by atoms with Crippen LogP contribution in [0.4, 0.5) is 0 Å². The first-order valence-corrected chi connectivity index (χ1v) is 8.73. The first kappa shape index (κ1) is 16.5. The molecule has 0 aliphatic carbocycles. The summed E-state index contributed by atoms with van der Waals surface area (Å²) in [6, 6.07) is 15.5. The van der Waals surface area contributed by atoms with Gasteiger partial charge in [-0.1, -0.05) is 28.1 Å². The van der Waals surface area contributed by atoms with Gasteiger partial charge in [-0.15, -0.1) is 0 Å². The number of hydrogen-bond acceptors (Lipinski definition) is 4. The lowest BCUT2D eigenvalue weighted by molar-refractivity contribution is 0.0595. The molecule has 0 spiro atoms. The van der Waals surface area contributed by atoms with Crippen LogP contribution in [-0.2, 0) is 11.8 Å². The molecule has 7 heteroatoms. The molecule has 0 bridgehead atoms. The van der Waals surface area contributed by atoms with Crippen LogP contribution in [0.2, 0.25) is 0 Å². The zero-order valence-corrected chi connectivity index (χ0v) is 15.8. The van der Waals surface area contributed by atoms with E-state index in [4.69, 9.17) is 4.74 Å². The maximum absolute atomic E-state index is 12.3. The van der Waals surface area contributed by atoms with Gasteiger partial charge in [0.25, 0.3) is 0 Å². The van der Waals surface area contributed by atoms with Gasteiger partial charge < -0.3 is 4.74 Å². The number of fused-ring (bicyclic) bond motifs is 1. The Bertz CT molecular complexity index is 1130. The summed E-state index contributed by atoms with van der Waals surface area (Å²) >= 11 is 3.47. The van der Waals surface area contributed by atoms with Crippen molar-refractivity contribution in [3.63, 3.8) is 0 Å². The highest BCUT2D eigenvalue weighted by molar-refractivity contribution is 9.10. The van der Waals surface area contributed by atoms with E-state index in [-0.39, 0.29) is 5.69 Å². The Balaban J connectivity index is 1.96. The second-order valence-corrected chi connectivity index (χ2v) is 6.75. The number of nitrogens with zero attached hydrogens (tertiary/aromatic N) is 4. The SMILES string of the molecule is COC(=O)c1nn(-c2cccc(Br)c2)c2ccc(-c3ccn(C)n3)cc12. The van der Waals surface area contributed by atoms with Gasteiger partial charge in [0, 0.05) is 28.7 Å². The van der Waals surface area contributed by atoms with Gasteiger partial charge in [0.05, 0.1) is 24.0 Å². The van der Waals surface area contributed by atoms with Gasteiger partial charge in [0.2, 0.25) is 0 Å². The number of hydrogen-bond donors (Lipinski definition) is 0. The number of aromatic nitrogens is 4. The lowest BCUT2D eigenvalue weighted by Crippen LogP contribution is -2.04. The third kappa shape index (κ3) is 2.80. The summed E-state index contributed by atoms with van der Waals surface area (Å²) in [5, 5.41) is 9.66. The van der Waals surface area contributed by atoms with Crippen LogP contribution in [0.25, 0.3) is 27.8 Å². The number of carbonyl (C=O) groups is 1. The summed E-state index contributed by atoms with van der Waals surface area (Å²) in [6.45, 7) is 0. The normalized spacial score (nSPS) is 11.0. The third-order valence-electron chi connectivity index (χ3n) is 4.12. The fourth-order valence-electron chi connectivity index (χ4n) is 2.90. The number of aryl methyl sites for hydroxylation is 1. The van der Waals surface area contributed by atoms with Crippen molar-refractivity contribution in [1.82, 2.24) is 19.6 Å². The van der Waals surface area contributed by atoms with E-state index in [1.54, 1.807) is 9.36 Å². The first-order valence-electron chi connectivity index (χ1n) is 7.94. The molecule has 0 amide bonds. The number of rotatable bonds is 3. The van der Waals surface area contributed by atoms with Gasteiger partial charge >= 0.3 is 5.97 Å². The van der Waals surface area contributed by atoms with Crippen LogP contribution in [0.5, 0.6) is 0 Å². The molecule has 0 aliphatic heterocycles. The number of benzene rings is 2. The van der Waals surface area contributed by atoms with Gasteiger partial charge in [-0.3, -0.25) is 4.68 Å². The summed E-state index contributed by atoms with van der Waals surface area (Å²) in [5.74, 6) is -0.470. The average molecular weight is 411 g/mol. The van der Waals surface area contributed by atoms with Gasteiger partial charge in [-0.25, -0.2) is 9.48 Å². The van der Waals surface area contributed by atoms with Crippen molar-refractivity contribution in [3.8, 4) is 16.9 Å². The number of methoxy groups -OCH3 is 1. The molecule has 6 nitrogen and oxygen atoms in total. The minimum Gasteiger partial charge on any atom is -0.464 e. The average Bonchev–Trinajstić information content (AvgIpc) is 3.24. The Morgan fingerprint density at radius 1 is 1.12 bits per heavy atom. The molecule has 0 aliphatic rings. The fourth-order valence-corrected chi connectivity index (χ4v) is 3.29. The second-order valence-electron chi connectivity index (χ2n) is 5.84. The second kappa shape index (κ2) is 6.42. The van der Waals surface area contributed by atoms with Crippen LogP contribution < -0.4 is 0 Å². The third-order valence-corrected chi connectivity index (χ3v) is 4.61. The molecule has 0 saturated heterocycles. The fraction of sp³-hybridized carbons (Fsp3) is 0.105. The summed E-state index contributed by atoms with van der Waals surface area (Å²) < 4.78 is 9.34. The van der Waals surface area contributed by atoms with Gasteiger partial charge in [0.1, 0.15) is 0 Å². The molecular formula is C19H15BrN4O2. The van der Waals surface area contributed by atoms with Crippen LogP contribution in [0, 0.1) is 0 Å². The highest BCUT2D eigenvalue weighted by atomic mass is 79.9. The quantitative estimate of drug-likeness (QED) is 0.479. The summed E-state index contributed by atoms with van der Waals surface area (Å²) in [5.41, 5.74) is 3.70. The van der Waals surface area contributed by atoms with Gasteiger partial charge in [-0.2, -0.15) is 10.2 Å². The Morgan fingerprint density at radius 3 is 2.65 bits per heavy atom. The van der Waals surface area contributed by atoms with E-state index < -0.39 is 5.97 Å². The molecule has 130 valence electrons. The van der Waals surface area contributed by atoms with E-state index in [0.29, 0.717) is 0 Å². The lowest BCUT2D eigenvalue weighted by Gasteiger charge is -2.04. The van der Waals surface area contributed by atoms with Crippen LogP contribution in [0.1, 0.15) is 10.5 Å². The summed E-state index contributed by atoms with van der Waals surface area (Å²) in [6.07, 6.45) is 1.88. The number of esters is 1. The minimum absolute atomic E-state index is 0.278. The molecule has 4 aromatic rings. The molecule has 2 aromatic carbocycles. The smallest absolute Gasteiger partial charge is 0.359 e. The van der Waals surface area contributed by atoms with E-state index in [1.807, 2.05) is 61.8 Å². The Hall–Kier alpha value is -2.93. The molecule has 2 heterocycles. The van der Waals surface area contributed by atoms with Crippen molar-refractivity contribution in [2.45, 2.75) is 0 Å². The molecule has 4 rings (SSSR count). The predicted octanol–water partition coefficient (Wildman–Crippen LogP) is 3.98. The maximum Gasteiger partial charge on any atom is 0.359 e. The zero-order chi connectivity index (χ0) is 18.3. The molecule has 0 saturated carbocycles. The molecule has 0 fully saturated rings. The Kier molecular flexibility index (Phi) is 4.08. The monoisotopic (exact) mass is 410 g/mol. The molecule has 0 radical (unpaired) electrons. The highest BCUT2D eigenvalue weighted by Gasteiger charge is 2.19. The number of halogens is 1. The number of carbonyl (C=O) groups excluding carboxylic acids is 1. The summed E-state index contributed by atoms with van der Waals surface area (Å²) in [7, 11) is 3.22. The van der Waals surface area contributed by atoms with Crippen molar-refractivity contribution in [1.29, 1.82) is 0 Å². The predicted molar refractivity (Wildman–Crippen MR) is 102 cm³/mol. The standard InChI is InChI=1S/C19H15BrN4O2/c1-23-9-8-16(21-23)12-6-7-17-15(10-12)18(19(25)26-2)22-24(17)14-5-3-4-13(20)11-14/h3-11H,1-2H3. The van der Waals surface area contributed by atoms with E-state index in [0.717, 1.165) is 32.3 Å². The maximum atomic E-state index is 12.3. The highest BCUT2D eigenvalue weighted by Crippen LogP contribution is 2.28. The largest absolute Gasteiger partial charge is 0.464 e. The van der Waals surface area contributed by atoms with E-state index in [2.05, 4.69) is 26.1 Å². The van der Waals surface area contributed by atoms with Gasteiger partial charge in [0.15, 0.2) is 5.69 Å². The molecule has 0 N–H and O–H groups in total. The molecule has 2 aromatic heterocycles. The molecule has 0 unspecified atom stereocenters. The lowest BCUT2D eigenvalue weighted by atomic mass is 10.1. The van der Waals surface area contributed by atoms with Crippen molar-refractivity contribution < 1.29 is 9.53 Å². The Morgan fingerprint density at radius 2 is 1.96 bits per heavy atom. The van der Waals surface area contributed by atoms with E-state index in [1.165, 1.54) is 7.11 Å². The minimum atomic E-state index is -0.470. The Labute approximate surface area is 158 Å².